The summed E-state index contributed by atoms with van der Waals surface area (Å²) in [5.74, 6) is 0.245. The maximum Gasteiger partial charge on any atom is 0.295 e. The van der Waals surface area contributed by atoms with E-state index in [1.165, 1.54) is 6.26 Å². The van der Waals surface area contributed by atoms with Gasteiger partial charge in [0, 0.05) is 6.07 Å². The molecule has 1 amide bonds. The summed E-state index contributed by atoms with van der Waals surface area (Å²) in [5, 5.41) is 7.85. The highest BCUT2D eigenvalue weighted by atomic mass is 35.5. The molecule has 2 heterocycles. The number of hydrogen-bond acceptors (Lipinski definition) is 4. The van der Waals surface area contributed by atoms with Gasteiger partial charge in [0.2, 0.25) is 5.76 Å². The molecule has 1 N–H and O–H groups in total. The molecule has 0 bridgehead atoms. The van der Waals surface area contributed by atoms with Crippen molar-refractivity contribution in [2.75, 3.05) is 18.5 Å². The average Bonchev–Trinajstić information content (AvgIpc) is 2.99. The number of ether oxygens (including phenoxy) is 2. The first-order valence-corrected chi connectivity index (χ1v) is 7.61. The van der Waals surface area contributed by atoms with Gasteiger partial charge in [0.1, 0.15) is 25.3 Å². The molecule has 0 fully saturated rings. The predicted molar refractivity (Wildman–Crippen MR) is 86.4 cm³/mol. The largest absolute Gasteiger partial charge is 0.494 e. The molecule has 0 unspecified atom stereocenters. The van der Waals surface area contributed by atoms with E-state index in [2.05, 4.69) is 10.4 Å². The van der Waals surface area contributed by atoms with E-state index in [0.29, 0.717) is 35.6 Å². The van der Waals surface area contributed by atoms with E-state index in [-0.39, 0.29) is 5.76 Å². The fourth-order valence-corrected chi connectivity index (χ4v) is 2.44. The van der Waals surface area contributed by atoms with Crippen LogP contribution in [0.1, 0.15) is 5.56 Å². The summed E-state index contributed by atoms with van der Waals surface area (Å²) in [7, 11) is 0. The van der Waals surface area contributed by atoms with E-state index < -0.39 is 5.91 Å². The first-order chi connectivity index (χ1) is 11.1. The minimum absolute atomic E-state index is 0.129. The Morgan fingerprint density at radius 1 is 1.30 bits per heavy atom. The number of hydrogen-bond donors (Lipinski definition) is 1. The van der Waals surface area contributed by atoms with Crippen molar-refractivity contribution >= 4 is 34.9 Å². The highest BCUT2D eigenvalue weighted by molar-refractivity contribution is 6.42. The zero-order valence-corrected chi connectivity index (χ0v) is 13.5. The van der Waals surface area contributed by atoms with Gasteiger partial charge >= 0.3 is 0 Å². The van der Waals surface area contributed by atoms with E-state index in [9.17, 15) is 4.79 Å². The molecule has 0 saturated heterocycles. The molecule has 2 aromatic rings. The number of halogens is 2. The summed E-state index contributed by atoms with van der Waals surface area (Å²) < 4.78 is 11.9. The molecule has 3 rings (SSSR count). The molecule has 1 aliphatic heterocycles. The van der Waals surface area contributed by atoms with Crippen molar-refractivity contribution in [3.8, 4) is 0 Å². The number of carbonyl (C=O) groups excluding carboxylic acids is 1. The Morgan fingerprint density at radius 3 is 2.96 bits per heavy atom. The lowest BCUT2D eigenvalue weighted by Crippen LogP contribution is -2.22. The summed E-state index contributed by atoms with van der Waals surface area (Å²) in [6.07, 6.45) is 2.88. The van der Waals surface area contributed by atoms with Gasteiger partial charge in [-0.2, -0.15) is 5.10 Å². The Balaban J connectivity index is 1.76. The average molecular weight is 354 g/mol. The molecule has 23 heavy (non-hydrogen) atoms. The maximum atomic E-state index is 12.1. The van der Waals surface area contributed by atoms with Crippen LogP contribution in [0.25, 0.3) is 0 Å². The van der Waals surface area contributed by atoms with Crippen LogP contribution in [-0.4, -0.2) is 28.9 Å². The van der Waals surface area contributed by atoms with Crippen LogP contribution in [-0.2, 0) is 20.8 Å². The molecular weight excluding hydrogens is 341 g/mol. The number of nitrogens with zero attached hydrogens (tertiary/aromatic N) is 2. The quantitative estimate of drug-likeness (QED) is 0.917. The summed E-state index contributed by atoms with van der Waals surface area (Å²) in [6, 6.07) is 7.05. The third-order valence-electron chi connectivity index (χ3n) is 3.18. The maximum absolute atomic E-state index is 12.1. The molecule has 0 atom stereocenters. The van der Waals surface area contributed by atoms with Crippen molar-refractivity contribution in [3.63, 3.8) is 0 Å². The summed E-state index contributed by atoms with van der Waals surface area (Å²) in [6.45, 7) is 1.15. The van der Waals surface area contributed by atoms with E-state index in [4.69, 9.17) is 32.7 Å². The highest BCUT2D eigenvalue weighted by Gasteiger charge is 2.17. The standard InChI is InChI=1S/C15H13Cl2N3O3/c16-11-3-1-2-10(14(11)17)8-20-13(4-5-18-20)19-15(21)12-9-22-6-7-23-12/h1-5,9H,6-8H2,(H,19,21). The number of benzene rings is 1. The lowest BCUT2D eigenvalue weighted by atomic mass is 10.2. The van der Waals surface area contributed by atoms with Gasteiger partial charge < -0.3 is 14.8 Å². The van der Waals surface area contributed by atoms with Crippen LogP contribution in [0, 0.1) is 0 Å². The third-order valence-corrected chi connectivity index (χ3v) is 4.04. The molecule has 1 aliphatic rings. The SMILES string of the molecule is O=C(Nc1ccnn1Cc1cccc(Cl)c1Cl)C1=COCCO1. The van der Waals surface area contributed by atoms with Gasteiger partial charge in [0.15, 0.2) is 0 Å². The molecule has 0 radical (unpaired) electrons. The van der Waals surface area contributed by atoms with E-state index in [1.807, 2.05) is 12.1 Å². The Kier molecular flexibility index (Phi) is 4.73. The van der Waals surface area contributed by atoms with Crippen LogP contribution in [0.15, 0.2) is 42.5 Å². The molecule has 1 aromatic heterocycles. The zero-order chi connectivity index (χ0) is 16.2. The molecule has 0 spiro atoms. The van der Waals surface area contributed by atoms with Crippen LogP contribution in [0.2, 0.25) is 10.0 Å². The Morgan fingerprint density at radius 2 is 2.17 bits per heavy atom. The molecule has 8 heteroatoms. The lowest BCUT2D eigenvalue weighted by molar-refractivity contribution is -0.117. The van der Waals surface area contributed by atoms with Gasteiger partial charge in [-0.05, 0) is 11.6 Å². The number of carbonyl (C=O) groups is 1. The minimum atomic E-state index is -0.399. The van der Waals surface area contributed by atoms with E-state index >= 15 is 0 Å². The molecule has 0 saturated carbocycles. The van der Waals surface area contributed by atoms with Crippen LogP contribution in [0.5, 0.6) is 0 Å². The van der Waals surface area contributed by atoms with Crippen molar-refractivity contribution in [1.82, 2.24) is 9.78 Å². The van der Waals surface area contributed by atoms with Gasteiger partial charge in [-0.25, -0.2) is 4.68 Å². The first-order valence-electron chi connectivity index (χ1n) is 6.86. The first kappa shape index (κ1) is 15.7. The lowest BCUT2D eigenvalue weighted by Gasteiger charge is -2.15. The summed E-state index contributed by atoms with van der Waals surface area (Å²) >= 11 is 12.2. The minimum Gasteiger partial charge on any atom is -0.494 e. The summed E-state index contributed by atoms with van der Waals surface area (Å²) in [4.78, 5) is 12.1. The molecule has 6 nitrogen and oxygen atoms in total. The zero-order valence-electron chi connectivity index (χ0n) is 12.0. The van der Waals surface area contributed by atoms with E-state index in [1.54, 1.807) is 23.0 Å². The van der Waals surface area contributed by atoms with Crippen LogP contribution in [0.3, 0.4) is 0 Å². The van der Waals surface area contributed by atoms with Crippen LogP contribution in [0.4, 0.5) is 5.82 Å². The second-order valence-electron chi connectivity index (χ2n) is 4.74. The Hall–Kier alpha value is -2.18. The van der Waals surface area contributed by atoms with Crippen molar-refractivity contribution in [2.24, 2.45) is 0 Å². The number of aromatic nitrogens is 2. The van der Waals surface area contributed by atoms with Crippen molar-refractivity contribution in [1.29, 1.82) is 0 Å². The van der Waals surface area contributed by atoms with Gasteiger partial charge in [-0.1, -0.05) is 35.3 Å². The van der Waals surface area contributed by atoms with Crippen molar-refractivity contribution in [2.45, 2.75) is 6.54 Å². The van der Waals surface area contributed by atoms with Crippen molar-refractivity contribution < 1.29 is 14.3 Å². The topological polar surface area (TPSA) is 65.4 Å². The molecule has 120 valence electrons. The van der Waals surface area contributed by atoms with Gasteiger partial charge in [0.05, 0.1) is 22.8 Å². The molecule has 1 aromatic carbocycles. The van der Waals surface area contributed by atoms with E-state index in [0.717, 1.165) is 5.56 Å². The van der Waals surface area contributed by atoms with Gasteiger partial charge in [0.25, 0.3) is 5.91 Å². The Bertz CT molecular complexity index is 758. The highest BCUT2D eigenvalue weighted by Crippen LogP contribution is 2.26. The van der Waals surface area contributed by atoms with Gasteiger partial charge in [-0.15, -0.1) is 0 Å². The number of rotatable bonds is 4. The number of anilines is 1. The van der Waals surface area contributed by atoms with Crippen LogP contribution < -0.4 is 5.32 Å². The smallest absolute Gasteiger partial charge is 0.295 e. The predicted octanol–water partition coefficient (Wildman–Crippen LogP) is 3.06. The van der Waals surface area contributed by atoms with Crippen LogP contribution >= 0.6 is 23.2 Å². The number of nitrogens with one attached hydrogen (secondary N) is 1. The fourth-order valence-electron chi connectivity index (χ4n) is 2.06. The van der Waals surface area contributed by atoms with Gasteiger partial charge in [-0.3, -0.25) is 4.79 Å². The molecular formula is C15H13Cl2N3O3. The Labute approximate surface area is 142 Å². The fraction of sp³-hybridized carbons (Fsp3) is 0.200. The summed E-state index contributed by atoms with van der Waals surface area (Å²) in [5.41, 5.74) is 0.801. The third kappa shape index (κ3) is 3.60. The molecule has 0 aliphatic carbocycles. The second-order valence-corrected chi connectivity index (χ2v) is 5.53. The monoisotopic (exact) mass is 353 g/mol. The van der Waals surface area contributed by atoms with Crippen molar-refractivity contribution in [3.05, 3.63) is 58.1 Å². The number of amides is 1. The normalized spacial score (nSPS) is 13.7. The second kappa shape index (κ2) is 6.93.